The van der Waals surface area contributed by atoms with Gasteiger partial charge in [-0.3, -0.25) is 4.72 Å². The maximum Gasteiger partial charge on any atom is 0.263 e. The van der Waals surface area contributed by atoms with Crippen LogP contribution in [0.5, 0.6) is 0 Å². The Labute approximate surface area is 158 Å². The molecule has 1 fully saturated rings. The maximum absolute atomic E-state index is 12.9. The van der Waals surface area contributed by atoms with Crippen LogP contribution >= 0.6 is 0 Å². The fraction of sp³-hybridized carbons (Fsp3) is 0.263. The normalized spacial score (nSPS) is 15.1. The van der Waals surface area contributed by atoms with Crippen molar-refractivity contribution in [3.8, 4) is 0 Å². The lowest BCUT2D eigenvalue weighted by molar-refractivity contribution is 0.122. The van der Waals surface area contributed by atoms with Crippen LogP contribution in [-0.2, 0) is 14.8 Å². The second-order valence-corrected chi connectivity index (χ2v) is 8.08. The molecule has 0 aliphatic carbocycles. The highest BCUT2D eigenvalue weighted by atomic mass is 32.2. The summed E-state index contributed by atoms with van der Waals surface area (Å²) in [6.07, 6.45) is 0. The molecule has 1 aliphatic heterocycles. The zero-order valence-corrected chi connectivity index (χ0v) is 15.7. The Bertz CT molecular complexity index is 1060. The molecule has 4 rings (SSSR count). The number of ether oxygens (including phenoxy) is 1. The van der Waals surface area contributed by atoms with Crippen molar-refractivity contribution < 1.29 is 13.2 Å². The third-order valence-corrected chi connectivity index (χ3v) is 5.78. The van der Waals surface area contributed by atoms with E-state index in [4.69, 9.17) is 4.74 Å². The van der Waals surface area contributed by atoms with Gasteiger partial charge in [0.2, 0.25) is 0 Å². The third-order valence-electron chi connectivity index (χ3n) is 4.43. The number of aromatic nitrogens is 2. The molecule has 7 nitrogen and oxygen atoms in total. The first-order valence-electron chi connectivity index (χ1n) is 8.72. The van der Waals surface area contributed by atoms with Crippen LogP contribution in [0.1, 0.15) is 5.56 Å². The summed E-state index contributed by atoms with van der Waals surface area (Å²) >= 11 is 0. The van der Waals surface area contributed by atoms with E-state index in [-0.39, 0.29) is 10.7 Å². The van der Waals surface area contributed by atoms with Gasteiger partial charge in [-0.25, -0.2) is 18.4 Å². The van der Waals surface area contributed by atoms with Crippen LogP contribution in [0.15, 0.2) is 53.4 Å². The Kier molecular flexibility index (Phi) is 4.67. The highest BCUT2D eigenvalue weighted by molar-refractivity contribution is 7.92. The summed E-state index contributed by atoms with van der Waals surface area (Å²) in [5.41, 5.74) is 2.35. The number of morpholine rings is 1. The lowest BCUT2D eigenvalue weighted by atomic mass is 10.2. The van der Waals surface area contributed by atoms with Crippen LogP contribution in [0.2, 0.25) is 0 Å². The molecule has 1 aliphatic rings. The van der Waals surface area contributed by atoms with Crippen molar-refractivity contribution in [3.05, 3.63) is 54.1 Å². The van der Waals surface area contributed by atoms with Crippen molar-refractivity contribution in [2.75, 3.05) is 35.9 Å². The molecule has 1 aromatic heterocycles. The summed E-state index contributed by atoms with van der Waals surface area (Å²) in [5.74, 6) is 0.754. The van der Waals surface area contributed by atoms with Gasteiger partial charge in [-0.1, -0.05) is 29.8 Å². The first-order valence-corrected chi connectivity index (χ1v) is 10.2. The minimum absolute atomic E-state index is 0.191. The number of hydrogen-bond donors (Lipinski definition) is 1. The van der Waals surface area contributed by atoms with Crippen LogP contribution in [0.25, 0.3) is 11.0 Å². The molecule has 140 valence electrons. The van der Waals surface area contributed by atoms with Gasteiger partial charge in [0.1, 0.15) is 0 Å². The van der Waals surface area contributed by atoms with Crippen LogP contribution in [-0.4, -0.2) is 44.7 Å². The smallest absolute Gasteiger partial charge is 0.263 e. The minimum atomic E-state index is -3.77. The average Bonchev–Trinajstić information content (AvgIpc) is 2.68. The van der Waals surface area contributed by atoms with Crippen LogP contribution in [0.3, 0.4) is 0 Å². The topological polar surface area (TPSA) is 84.4 Å². The van der Waals surface area contributed by atoms with E-state index >= 15 is 0 Å². The van der Waals surface area contributed by atoms with Crippen LogP contribution < -0.4 is 9.62 Å². The number of benzene rings is 2. The first-order chi connectivity index (χ1) is 13.0. The van der Waals surface area contributed by atoms with Gasteiger partial charge in [0.25, 0.3) is 10.0 Å². The summed E-state index contributed by atoms with van der Waals surface area (Å²) in [6, 6.07) is 14.1. The van der Waals surface area contributed by atoms with Gasteiger partial charge in [0.15, 0.2) is 11.6 Å². The Morgan fingerprint density at radius 3 is 2.26 bits per heavy atom. The summed E-state index contributed by atoms with van der Waals surface area (Å²) in [5, 5.41) is 0. The van der Waals surface area contributed by atoms with Crippen molar-refractivity contribution in [1.29, 1.82) is 0 Å². The second-order valence-electron chi connectivity index (χ2n) is 6.40. The SMILES string of the molecule is Cc1ccc(S(=O)(=O)Nc2nc3ccccc3nc2N2CCOCC2)cc1. The highest BCUT2D eigenvalue weighted by Gasteiger charge is 2.23. The quantitative estimate of drug-likeness (QED) is 0.744. The number of aryl methyl sites for hydroxylation is 1. The molecule has 0 spiro atoms. The maximum atomic E-state index is 12.9. The molecule has 0 amide bonds. The lowest BCUT2D eigenvalue weighted by Crippen LogP contribution is -2.37. The average molecular weight is 384 g/mol. The van der Waals surface area contributed by atoms with E-state index in [0.717, 1.165) is 11.1 Å². The van der Waals surface area contributed by atoms with E-state index < -0.39 is 10.0 Å². The Hall–Kier alpha value is -2.71. The molecule has 2 aromatic carbocycles. The number of hydrogen-bond acceptors (Lipinski definition) is 6. The molecule has 0 radical (unpaired) electrons. The minimum Gasteiger partial charge on any atom is -0.378 e. The molecule has 0 atom stereocenters. The number of sulfonamides is 1. The van der Waals surface area contributed by atoms with Gasteiger partial charge in [-0.2, -0.15) is 0 Å². The highest BCUT2D eigenvalue weighted by Crippen LogP contribution is 2.28. The van der Waals surface area contributed by atoms with Crippen molar-refractivity contribution in [2.24, 2.45) is 0 Å². The summed E-state index contributed by atoms with van der Waals surface area (Å²) in [6.45, 7) is 4.31. The lowest BCUT2D eigenvalue weighted by Gasteiger charge is -2.29. The molecule has 0 saturated carbocycles. The Morgan fingerprint density at radius 2 is 1.59 bits per heavy atom. The van der Waals surface area contributed by atoms with Gasteiger partial charge >= 0.3 is 0 Å². The molecule has 1 saturated heterocycles. The van der Waals surface area contributed by atoms with Gasteiger partial charge in [-0.15, -0.1) is 0 Å². The number of nitrogens with zero attached hydrogens (tertiary/aromatic N) is 3. The van der Waals surface area contributed by atoms with Crippen LogP contribution in [0.4, 0.5) is 11.6 Å². The van der Waals surface area contributed by atoms with Crippen molar-refractivity contribution in [3.63, 3.8) is 0 Å². The van der Waals surface area contributed by atoms with Crippen molar-refractivity contribution >= 4 is 32.7 Å². The van der Waals surface area contributed by atoms with Crippen LogP contribution in [0, 0.1) is 6.92 Å². The zero-order chi connectivity index (χ0) is 18.9. The van der Waals surface area contributed by atoms with E-state index in [2.05, 4.69) is 14.7 Å². The zero-order valence-electron chi connectivity index (χ0n) is 14.9. The molecule has 27 heavy (non-hydrogen) atoms. The molecule has 2 heterocycles. The number of fused-ring (bicyclic) bond motifs is 1. The molecular formula is C19H20N4O3S. The summed E-state index contributed by atoms with van der Waals surface area (Å²) < 4.78 is 33.8. The second kappa shape index (κ2) is 7.13. The van der Waals surface area contributed by atoms with Gasteiger partial charge < -0.3 is 9.64 Å². The van der Waals surface area contributed by atoms with Gasteiger partial charge in [0, 0.05) is 13.1 Å². The Balaban J connectivity index is 1.77. The van der Waals surface area contributed by atoms with Gasteiger partial charge in [0.05, 0.1) is 29.1 Å². The molecule has 3 aromatic rings. The van der Waals surface area contributed by atoms with Gasteiger partial charge in [-0.05, 0) is 31.2 Å². The van der Waals surface area contributed by atoms with Crippen molar-refractivity contribution in [2.45, 2.75) is 11.8 Å². The van der Waals surface area contributed by atoms with E-state index in [1.807, 2.05) is 36.1 Å². The predicted octanol–water partition coefficient (Wildman–Crippen LogP) is 2.58. The van der Waals surface area contributed by atoms with E-state index in [0.29, 0.717) is 37.6 Å². The number of nitrogens with one attached hydrogen (secondary N) is 1. The molecule has 0 bridgehead atoms. The Morgan fingerprint density at radius 1 is 0.963 bits per heavy atom. The van der Waals surface area contributed by atoms with Crippen molar-refractivity contribution in [1.82, 2.24) is 9.97 Å². The molecular weight excluding hydrogens is 364 g/mol. The molecule has 1 N–H and O–H groups in total. The number of anilines is 2. The largest absolute Gasteiger partial charge is 0.378 e. The third kappa shape index (κ3) is 3.72. The fourth-order valence-corrected chi connectivity index (χ4v) is 3.96. The first kappa shape index (κ1) is 17.7. The summed E-state index contributed by atoms with van der Waals surface area (Å²) in [7, 11) is -3.77. The summed E-state index contributed by atoms with van der Waals surface area (Å²) in [4.78, 5) is 11.4. The number of para-hydroxylation sites is 2. The molecule has 8 heteroatoms. The predicted molar refractivity (Wildman–Crippen MR) is 105 cm³/mol. The molecule has 0 unspecified atom stereocenters. The fourth-order valence-electron chi connectivity index (χ4n) is 2.96. The monoisotopic (exact) mass is 384 g/mol. The van der Waals surface area contributed by atoms with E-state index in [1.165, 1.54) is 0 Å². The van der Waals surface area contributed by atoms with E-state index in [1.54, 1.807) is 24.3 Å². The van der Waals surface area contributed by atoms with E-state index in [9.17, 15) is 8.42 Å². The standard InChI is InChI=1S/C19H20N4O3S/c1-14-6-8-15(9-7-14)27(24,25)22-18-19(23-10-12-26-13-11-23)21-17-5-3-2-4-16(17)20-18/h2-9H,10-13H2,1H3,(H,20,22). The number of rotatable bonds is 4.